The van der Waals surface area contributed by atoms with E-state index in [0.29, 0.717) is 24.4 Å². The van der Waals surface area contributed by atoms with Gasteiger partial charge in [0.1, 0.15) is 5.75 Å². The molecular formula is C25H26O4. The largest absolute Gasteiger partial charge is 0.462 e. The number of ether oxygens (including phenoxy) is 2. The van der Waals surface area contributed by atoms with Gasteiger partial charge < -0.3 is 9.47 Å². The van der Waals surface area contributed by atoms with E-state index >= 15 is 0 Å². The van der Waals surface area contributed by atoms with Crippen LogP contribution < -0.4 is 4.74 Å². The van der Waals surface area contributed by atoms with E-state index in [1.807, 2.05) is 18.2 Å². The molecule has 0 aliphatic carbocycles. The molecule has 3 rings (SSSR count). The van der Waals surface area contributed by atoms with Crippen LogP contribution in [0.5, 0.6) is 5.75 Å². The van der Waals surface area contributed by atoms with Crippen molar-refractivity contribution in [3.8, 4) is 5.75 Å². The van der Waals surface area contributed by atoms with E-state index in [2.05, 4.69) is 36.9 Å². The number of carbonyl (C=O) groups is 2. The molecule has 0 heterocycles. The fourth-order valence-electron chi connectivity index (χ4n) is 3.24. The number of fused-ring (bicyclic) bond motifs is 3. The third kappa shape index (κ3) is 5.23. The molecule has 0 radical (unpaired) electrons. The number of rotatable bonds is 8. The molecule has 150 valence electrons. The maximum absolute atomic E-state index is 11.5. The van der Waals surface area contributed by atoms with E-state index in [9.17, 15) is 9.59 Å². The molecule has 0 N–H and O–H groups in total. The second-order valence-corrected chi connectivity index (χ2v) is 7.20. The fraction of sp³-hybridized carbons (Fsp3) is 0.280. The Hall–Kier alpha value is -3.14. The summed E-state index contributed by atoms with van der Waals surface area (Å²) in [5, 5.41) is 4.54. The zero-order chi connectivity index (χ0) is 20.8. The molecule has 0 saturated heterocycles. The number of esters is 2. The van der Waals surface area contributed by atoms with E-state index in [-0.39, 0.29) is 11.9 Å². The van der Waals surface area contributed by atoms with E-state index < -0.39 is 0 Å². The summed E-state index contributed by atoms with van der Waals surface area (Å²) in [6, 6.07) is 16.4. The first-order chi connectivity index (χ1) is 14.0. The van der Waals surface area contributed by atoms with Gasteiger partial charge in [-0.15, -0.1) is 0 Å². The molecule has 4 heteroatoms. The zero-order valence-electron chi connectivity index (χ0n) is 17.0. The van der Waals surface area contributed by atoms with Crippen LogP contribution in [0.15, 0.2) is 60.7 Å². The predicted molar refractivity (Wildman–Crippen MR) is 116 cm³/mol. The summed E-state index contributed by atoms with van der Waals surface area (Å²) in [5.41, 5.74) is 1.69. The molecule has 3 aromatic carbocycles. The average Bonchev–Trinajstić information content (AvgIpc) is 2.72. The van der Waals surface area contributed by atoms with Crippen LogP contribution in [0.2, 0.25) is 0 Å². The normalized spacial score (nSPS) is 10.8. The van der Waals surface area contributed by atoms with Crippen LogP contribution in [0.25, 0.3) is 21.5 Å². The minimum atomic E-state index is -0.324. The molecule has 0 amide bonds. The van der Waals surface area contributed by atoms with Crippen molar-refractivity contribution in [1.82, 2.24) is 0 Å². The van der Waals surface area contributed by atoms with Crippen LogP contribution >= 0.6 is 0 Å². The second-order valence-electron chi connectivity index (χ2n) is 7.20. The molecule has 0 unspecified atom stereocenters. The van der Waals surface area contributed by atoms with Gasteiger partial charge in [-0.3, -0.25) is 4.79 Å². The van der Waals surface area contributed by atoms with Crippen LogP contribution in [0.3, 0.4) is 0 Å². The van der Waals surface area contributed by atoms with Crippen LogP contribution in [0.4, 0.5) is 0 Å². The first-order valence-electron chi connectivity index (χ1n) is 9.96. The Morgan fingerprint density at radius 2 is 1.62 bits per heavy atom. The number of hydrogen-bond acceptors (Lipinski definition) is 4. The summed E-state index contributed by atoms with van der Waals surface area (Å²) in [6.45, 7) is 7.44. The van der Waals surface area contributed by atoms with Gasteiger partial charge in [-0.25, -0.2) is 4.79 Å². The SMILES string of the molecule is C=C(C)C(=O)OCCCCc1ccc2c(ccc3cc(OC(=O)CC)ccc32)c1. The third-order valence-corrected chi connectivity index (χ3v) is 4.83. The zero-order valence-corrected chi connectivity index (χ0v) is 17.0. The van der Waals surface area contributed by atoms with Crippen LogP contribution in [0, 0.1) is 0 Å². The van der Waals surface area contributed by atoms with Gasteiger partial charge in [0.25, 0.3) is 0 Å². The monoisotopic (exact) mass is 390 g/mol. The predicted octanol–water partition coefficient (Wildman–Crippen LogP) is 5.75. The minimum Gasteiger partial charge on any atom is -0.462 e. The van der Waals surface area contributed by atoms with Gasteiger partial charge in [-0.05, 0) is 65.4 Å². The second kappa shape index (κ2) is 9.37. The highest BCUT2D eigenvalue weighted by molar-refractivity contribution is 6.08. The highest BCUT2D eigenvalue weighted by atomic mass is 16.5. The summed E-state index contributed by atoms with van der Waals surface area (Å²) in [5.74, 6) is 0.0204. The van der Waals surface area contributed by atoms with Crippen molar-refractivity contribution in [2.45, 2.75) is 39.5 Å². The summed E-state index contributed by atoms with van der Waals surface area (Å²) < 4.78 is 10.5. The van der Waals surface area contributed by atoms with Crippen molar-refractivity contribution in [3.05, 3.63) is 66.2 Å². The van der Waals surface area contributed by atoms with Gasteiger partial charge in [0.2, 0.25) is 0 Å². The van der Waals surface area contributed by atoms with E-state index in [4.69, 9.17) is 9.47 Å². The number of carbonyl (C=O) groups excluding carboxylic acids is 2. The lowest BCUT2D eigenvalue weighted by molar-refractivity contribution is -0.139. The molecule has 0 bridgehead atoms. The summed E-state index contributed by atoms with van der Waals surface area (Å²) >= 11 is 0. The number of benzene rings is 3. The van der Waals surface area contributed by atoms with Gasteiger partial charge in [0.15, 0.2) is 0 Å². The first kappa shape index (κ1) is 20.6. The van der Waals surface area contributed by atoms with E-state index in [1.54, 1.807) is 13.8 Å². The smallest absolute Gasteiger partial charge is 0.333 e. The van der Waals surface area contributed by atoms with Gasteiger partial charge in [0.05, 0.1) is 6.61 Å². The standard InChI is InChI=1S/C25H26O4/c1-4-24(26)29-21-11-13-23-20(16-21)10-9-19-15-18(8-12-22(19)23)7-5-6-14-28-25(27)17(2)3/h8-13,15-16H,2,4-7,14H2,1,3H3. The number of aryl methyl sites for hydroxylation is 1. The molecule has 0 aliphatic rings. The lowest BCUT2D eigenvalue weighted by Crippen LogP contribution is -2.06. The maximum Gasteiger partial charge on any atom is 0.333 e. The molecule has 3 aromatic rings. The minimum absolute atomic E-state index is 0.232. The van der Waals surface area contributed by atoms with Crippen molar-refractivity contribution in [2.75, 3.05) is 6.61 Å². The van der Waals surface area contributed by atoms with Crippen molar-refractivity contribution < 1.29 is 19.1 Å². The van der Waals surface area contributed by atoms with Crippen molar-refractivity contribution >= 4 is 33.5 Å². The maximum atomic E-state index is 11.5. The lowest BCUT2D eigenvalue weighted by Gasteiger charge is -2.09. The van der Waals surface area contributed by atoms with Gasteiger partial charge in [0, 0.05) is 12.0 Å². The van der Waals surface area contributed by atoms with Crippen molar-refractivity contribution in [1.29, 1.82) is 0 Å². The Kier molecular flexibility index (Phi) is 6.65. The molecule has 4 nitrogen and oxygen atoms in total. The van der Waals surface area contributed by atoms with Crippen molar-refractivity contribution in [2.24, 2.45) is 0 Å². The highest BCUT2D eigenvalue weighted by Gasteiger charge is 2.07. The summed E-state index contributed by atoms with van der Waals surface area (Å²) in [7, 11) is 0. The number of unbranched alkanes of at least 4 members (excludes halogenated alkanes) is 1. The lowest BCUT2D eigenvalue weighted by atomic mass is 9.98. The van der Waals surface area contributed by atoms with Gasteiger partial charge >= 0.3 is 11.9 Å². The van der Waals surface area contributed by atoms with Gasteiger partial charge in [-0.1, -0.05) is 49.9 Å². The summed E-state index contributed by atoms with van der Waals surface area (Å²) in [4.78, 5) is 22.9. The molecular weight excluding hydrogens is 364 g/mol. The highest BCUT2D eigenvalue weighted by Crippen LogP contribution is 2.29. The molecule has 0 aromatic heterocycles. The Balaban J connectivity index is 1.67. The Labute approximate surface area is 171 Å². The van der Waals surface area contributed by atoms with Crippen LogP contribution in [-0.2, 0) is 20.7 Å². The Bertz CT molecular complexity index is 1070. The molecule has 0 spiro atoms. The van der Waals surface area contributed by atoms with E-state index in [1.165, 1.54) is 16.3 Å². The molecule has 0 aliphatic heterocycles. The molecule has 0 saturated carbocycles. The third-order valence-electron chi connectivity index (χ3n) is 4.83. The molecule has 29 heavy (non-hydrogen) atoms. The topological polar surface area (TPSA) is 52.6 Å². The van der Waals surface area contributed by atoms with Crippen molar-refractivity contribution in [3.63, 3.8) is 0 Å². The Morgan fingerprint density at radius 1 is 0.931 bits per heavy atom. The quantitative estimate of drug-likeness (QED) is 0.162. The molecule has 0 atom stereocenters. The average molecular weight is 390 g/mol. The fourth-order valence-corrected chi connectivity index (χ4v) is 3.24. The molecule has 0 fully saturated rings. The first-order valence-corrected chi connectivity index (χ1v) is 9.96. The Morgan fingerprint density at radius 3 is 2.31 bits per heavy atom. The number of hydrogen-bond donors (Lipinski definition) is 0. The van der Waals surface area contributed by atoms with E-state index in [0.717, 1.165) is 30.0 Å². The van der Waals surface area contributed by atoms with Gasteiger partial charge in [-0.2, -0.15) is 0 Å². The van der Waals surface area contributed by atoms with Crippen LogP contribution in [0.1, 0.15) is 38.7 Å². The summed E-state index contributed by atoms with van der Waals surface area (Å²) in [6.07, 6.45) is 3.07. The van der Waals surface area contributed by atoms with Crippen LogP contribution in [-0.4, -0.2) is 18.5 Å².